The van der Waals surface area contributed by atoms with E-state index in [4.69, 9.17) is 0 Å². The Hall–Kier alpha value is 0.130. The molecule has 0 saturated carbocycles. The normalized spacial score (nSPS) is 11.7. The first kappa shape index (κ1) is 7.13. The Bertz CT molecular complexity index is 128. The molecule has 6 heteroatoms. The molecule has 44 valence electrons. The van der Waals surface area contributed by atoms with Gasteiger partial charge >= 0.3 is 10.5 Å². The van der Waals surface area contributed by atoms with Crippen LogP contribution >= 0.6 is 11.6 Å². The van der Waals surface area contributed by atoms with E-state index in [1.54, 1.807) is 0 Å². The minimum atomic E-state index is -4.81. The summed E-state index contributed by atoms with van der Waals surface area (Å²) < 4.78 is 32.9. The summed E-state index contributed by atoms with van der Waals surface area (Å²) >= 11 is 4.64. The maximum Gasteiger partial charge on any atom is 0.438 e. The maximum atomic E-state index is 11.1. The third kappa shape index (κ3) is 6.13. The van der Waals surface area contributed by atoms with E-state index in [0.717, 1.165) is 0 Å². The van der Waals surface area contributed by atoms with Crippen molar-refractivity contribution in [3.05, 3.63) is 0 Å². The fraction of sp³-hybridized carbons (Fsp3) is 1.00. The van der Waals surface area contributed by atoms with Gasteiger partial charge in [-0.1, -0.05) is 15.5 Å². The predicted molar refractivity (Wildman–Crippen MR) is 21.8 cm³/mol. The quantitative estimate of drug-likeness (QED) is 0.421. The molecular formula is CH2ClFO3S. The summed E-state index contributed by atoms with van der Waals surface area (Å²) in [7, 11) is -4.81. The summed E-state index contributed by atoms with van der Waals surface area (Å²) in [5, 5.41) is 0. The van der Waals surface area contributed by atoms with Gasteiger partial charge in [0.1, 0.15) is 6.07 Å². The molecule has 0 bridgehead atoms. The van der Waals surface area contributed by atoms with E-state index in [9.17, 15) is 12.3 Å². The van der Waals surface area contributed by atoms with Gasteiger partial charge < -0.3 is 0 Å². The highest BCUT2D eigenvalue weighted by Crippen LogP contribution is 1.92. The van der Waals surface area contributed by atoms with E-state index < -0.39 is 16.6 Å². The van der Waals surface area contributed by atoms with Crippen LogP contribution in [-0.4, -0.2) is 14.5 Å². The molecule has 0 fully saturated rings. The average molecular weight is 149 g/mol. The van der Waals surface area contributed by atoms with Crippen LogP contribution in [-0.2, 0) is 14.7 Å². The van der Waals surface area contributed by atoms with Crippen LogP contribution in [0.4, 0.5) is 3.89 Å². The molecule has 7 heavy (non-hydrogen) atoms. The molecule has 0 aliphatic carbocycles. The van der Waals surface area contributed by atoms with E-state index in [-0.39, 0.29) is 0 Å². The van der Waals surface area contributed by atoms with E-state index in [2.05, 4.69) is 15.8 Å². The van der Waals surface area contributed by atoms with Crippen molar-refractivity contribution in [2.24, 2.45) is 0 Å². The molecule has 0 aliphatic rings. The van der Waals surface area contributed by atoms with Gasteiger partial charge in [0.15, 0.2) is 0 Å². The second-order valence-electron chi connectivity index (χ2n) is 0.620. The van der Waals surface area contributed by atoms with Gasteiger partial charge in [-0.25, -0.2) is 4.18 Å². The SMILES string of the molecule is O=S(=O)(F)OCCl. The molecule has 0 spiro atoms. The molecule has 0 aliphatic heterocycles. The Balaban J connectivity index is 3.60. The number of hydrogen-bond donors (Lipinski definition) is 0. The first-order valence-electron chi connectivity index (χ1n) is 1.21. The highest BCUT2D eigenvalue weighted by molar-refractivity contribution is 7.81. The van der Waals surface area contributed by atoms with Crippen molar-refractivity contribution in [1.82, 2.24) is 0 Å². The van der Waals surface area contributed by atoms with Gasteiger partial charge in [0, 0.05) is 0 Å². The van der Waals surface area contributed by atoms with E-state index in [1.807, 2.05) is 0 Å². The molecule has 0 aromatic carbocycles. The van der Waals surface area contributed by atoms with Crippen LogP contribution in [0.25, 0.3) is 0 Å². The highest BCUT2D eigenvalue weighted by Gasteiger charge is 2.02. The van der Waals surface area contributed by atoms with Gasteiger partial charge in [-0.2, -0.15) is 8.42 Å². The Labute approximate surface area is 45.5 Å². The minimum absolute atomic E-state index is 0.682. The molecule has 0 saturated heterocycles. The summed E-state index contributed by atoms with van der Waals surface area (Å²) in [4.78, 5) is 0. The zero-order chi connectivity index (χ0) is 5.91. The van der Waals surface area contributed by atoms with Crippen LogP contribution in [0.3, 0.4) is 0 Å². The van der Waals surface area contributed by atoms with Gasteiger partial charge in [-0.3, -0.25) is 0 Å². The van der Waals surface area contributed by atoms with Crippen LogP contribution in [0.1, 0.15) is 0 Å². The summed E-state index contributed by atoms with van der Waals surface area (Å²) in [6, 6.07) is -0.682. The lowest BCUT2D eigenvalue weighted by Gasteiger charge is -1.84. The van der Waals surface area contributed by atoms with Gasteiger partial charge in [0.25, 0.3) is 0 Å². The van der Waals surface area contributed by atoms with Gasteiger partial charge in [-0.15, -0.1) is 0 Å². The summed E-state index contributed by atoms with van der Waals surface area (Å²) in [5.74, 6) is 0. The molecule has 0 rings (SSSR count). The fourth-order valence-corrected chi connectivity index (χ4v) is 0.479. The summed E-state index contributed by atoms with van der Waals surface area (Å²) in [6.45, 7) is 0. The highest BCUT2D eigenvalue weighted by atomic mass is 35.5. The molecule has 0 N–H and O–H groups in total. The van der Waals surface area contributed by atoms with Gasteiger partial charge in [-0.05, 0) is 0 Å². The Morgan fingerprint density at radius 1 is 1.71 bits per heavy atom. The molecule has 0 radical (unpaired) electrons. The van der Waals surface area contributed by atoms with Crippen molar-refractivity contribution >= 4 is 22.1 Å². The van der Waals surface area contributed by atoms with E-state index >= 15 is 0 Å². The number of hydrogen-bond acceptors (Lipinski definition) is 3. The van der Waals surface area contributed by atoms with Crippen LogP contribution in [0, 0.1) is 0 Å². The fourth-order valence-electron chi connectivity index (χ4n) is 0.0532. The van der Waals surface area contributed by atoms with Crippen molar-refractivity contribution in [2.45, 2.75) is 0 Å². The second kappa shape index (κ2) is 2.44. The smallest absolute Gasteiger partial charge is 0.228 e. The second-order valence-corrected chi connectivity index (χ2v) is 1.86. The number of rotatable bonds is 2. The lowest BCUT2D eigenvalue weighted by Crippen LogP contribution is -1.94. The topological polar surface area (TPSA) is 43.4 Å². The molecule has 0 amide bonds. The third-order valence-corrected chi connectivity index (χ3v) is 0.823. The third-order valence-electron chi connectivity index (χ3n) is 0.185. The molecule has 3 nitrogen and oxygen atoms in total. The maximum absolute atomic E-state index is 11.1. The van der Waals surface area contributed by atoms with Gasteiger partial charge in [0.05, 0.1) is 0 Å². The first-order valence-corrected chi connectivity index (χ1v) is 3.05. The summed E-state index contributed by atoms with van der Waals surface area (Å²) in [6.07, 6.45) is 0. The van der Waals surface area contributed by atoms with Crippen LogP contribution in [0.5, 0.6) is 0 Å². The molecule has 0 aromatic rings. The first-order chi connectivity index (χ1) is 3.06. The summed E-state index contributed by atoms with van der Waals surface area (Å²) in [5.41, 5.74) is 0. The van der Waals surface area contributed by atoms with Crippen LogP contribution in [0.15, 0.2) is 0 Å². The molecule has 0 heterocycles. The Morgan fingerprint density at radius 2 is 2.14 bits per heavy atom. The molecule has 0 atom stereocenters. The number of halogens is 2. The van der Waals surface area contributed by atoms with Crippen molar-refractivity contribution < 1.29 is 16.5 Å². The molecule has 0 unspecified atom stereocenters. The predicted octanol–water partition coefficient (Wildman–Crippen LogP) is 0.414. The Kier molecular flexibility index (Phi) is 2.49. The van der Waals surface area contributed by atoms with Gasteiger partial charge in [0.2, 0.25) is 0 Å². The largest absolute Gasteiger partial charge is 0.438 e. The van der Waals surface area contributed by atoms with E-state index in [0.29, 0.717) is 0 Å². The van der Waals surface area contributed by atoms with Crippen molar-refractivity contribution in [2.75, 3.05) is 6.07 Å². The standard InChI is InChI=1S/CH2ClFO3S/c2-1-6-7(3,4)5/h1H2. The monoisotopic (exact) mass is 148 g/mol. The van der Waals surface area contributed by atoms with Crippen molar-refractivity contribution in [3.63, 3.8) is 0 Å². The van der Waals surface area contributed by atoms with Crippen molar-refractivity contribution in [3.8, 4) is 0 Å². The van der Waals surface area contributed by atoms with Crippen LogP contribution < -0.4 is 0 Å². The number of alkyl halides is 1. The molecule has 0 aromatic heterocycles. The zero-order valence-corrected chi connectivity index (χ0v) is 4.67. The average Bonchev–Trinajstić information content (AvgIpc) is 1.30. The Morgan fingerprint density at radius 3 is 2.14 bits per heavy atom. The lowest BCUT2D eigenvalue weighted by atomic mass is 11.7. The minimum Gasteiger partial charge on any atom is -0.228 e. The van der Waals surface area contributed by atoms with Crippen molar-refractivity contribution in [1.29, 1.82) is 0 Å². The zero-order valence-electron chi connectivity index (χ0n) is 3.10. The van der Waals surface area contributed by atoms with Crippen LogP contribution in [0.2, 0.25) is 0 Å². The lowest BCUT2D eigenvalue weighted by molar-refractivity contribution is 0.345. The van der Waals surface area contributed by atoms with E-state index in [1.165, 1.54) is 0 Å². The molecular weight excluding hydrogens is 147 g/mol.